The summed E-state index contributed by atoms with van der Waals surface area (Å²) in [7, 11) is 0. The van der Waals surface area contributed by atoms with E-state index in [1.807, 2.05) is 6.92 Å². The predicted molar refractivity (Wildman–Crippen MR) is 139 cm³/mol. The van der Waals surface area contributed by atoms with Gasteiger partial charge in [0, 0.05) is 38.3 Å². The number of carbonyl (C=O) groups excluding carboxylic acids is 1. The van der Waals surface area contributed by atoms with Crippen molar-refractivity contribution in [3.8, 4) is 0 Å². The number of fused-ring (bicyclic) bond motifs is 1. The van der Waals surface area contributed by atoms with Crippen molar-refractivity contribution in [1.29, 1.82) is 0 Å². The van der Waals surface area contributed by atoms with Gasteiger partial charge in [0.1, 0.15) is 12.1 Å². The van der Waals surface area contributed by atoms with Crippen LogP contribution in [0.5, 0.6) is 0 Å². The highest BCUT2D eigenvalue weighted by molar-refractivity contribution is 5.84. The zero-order valence-electron chi connectivity index (χ0n) is 23.7. The van der Waals surface area contributed by atoms with E-state index < -0.39 is 48.1 Å². The third-order valence-corrected chi connectivity index (χ3v) is 6.83. The number of aliphatic carboxylic acids is 2. The molecule has 0 saturated carbocycles. The van der Waals surface area contributed by atoms with Crippen LogP contribution >= 0.6 is 0 Å². The fraction of sp³-hybridized carbons (Fsp3) is 0.500. The van der Waals surface area contributed by atoms with Crippen molar-refractivity contribution in [1.82, 2.24) is 14.9 Å². The van der Waals surface area contributed by atoms with Gasteiger partial charge in [0.05, 0.1) is 23.3 Å². The van der Waals surface area contributed by atoms with E-state index in [2.05, 4.69) is 14.9 Å². The number of benzene rings is 1. The molecule has 0 bridgehead atoms. The van der Waals surface area contributed by atoms with E-state index in [1.165, 1.54) is 18.5 Å². The highest BCUT2D eigenvalue weighted by atomic mass is 19.4. The number of carboxylic acids is 2. The molecule has 1 amide bonds. The summed E-state index contributed by atoms with van der Waals surface area (Å²) < 4.78 is 102. The van der Waals surface area contributed by atoms with Crippen LogP contribution in [0, 0.1) is 0 Å². The number of anilines is 1. The third kappa shape index (κ3) is 9.90. The van der Waals surface area contributed by atoms with Gasteiger partial charge >= 0.3 is 30.5 Å². The summed E-state index contributed by atoms with van der Waals surface area (Å²) in [5.41, 5.74) is 7.18. The van der Waals surface area contributed by atoms with Crippen LogP contribution in [0.1, 0.15) is 53.7 Å². The first-order valence-electron chi connectivity index (χ1n) is 13.1. The molecule has 1 fully saturated rings. The molecule has 0 radical (unpaired) electrons. The number of nitrogens with two attached hydrogens (primary N) is 1. The Morgan fingerprint density at radius 2 is 1.37 bits per heavy atom. The number of rotatable bonds is 4. The number of aliphatic hydroxyl groups excluding tert-OH is 1. The van der Waals surface area contributed by atoms with Gasteiger partial charge in [-0.1, -0.05) is 19.1 Å². The van der Waals surface area contributed by atoms with E-state index in [0.29, 0.717) is 43.9 Å². The number of carboxylic acid groups (broad SMARTS) is 2. The number of hydrogen-bond acceptors (Lipinski definition) is 8. The van der Waals surface area contributed by atoms with Gasteiger partial charge in [-0.25, -0.2) is 19.6 Å². The lowest BCUT2D eigenvalue weighted by atomic mass is 9.96. The highest BCUT2D eigenvalue weighted by Crippen LogP contribution is 2.43. The maximum atomic E-state index is 13.1. The minimum absolute atomic E-state index is 0.0131. The maximum Gasteiger partial charge on any atom is 0.490 e. The van der Waals surface area contributed by atoms with E-state index in [4.69, 9.17) is 25.5 Å². The van der Waals surface area contributed by atoms with Gasteiger partial charge in [-0.05, 0) is 30.0 Å². The second-order valence-corrected chi connectivity index (χ2v) is 9.97. The second kappa shape index (κ2) is 14.9. The lowest BCUT2D eigenvalue weighted by Gasteiger charge is -2.37. The summed E-state index contributed by atoms with van der Waals surface area (Å²) >= 11 is 0. The number of aromatic nitrogens is 2. The van der Waals surface area contributed by atoms with E-state index >= 15 is 0 Å². The summed E-state index contributed by atoms with van der Waals surface area (Å²) in [5, 5.41) is 24.5. The average Bonchev–Trinajstić information content (AvgIpc) is 3.26. The second-order valence-electron chi connectivity index (χ2n) is 9.97. The van der Waals surface area contributed by atoms with Crippen LogP contribution in [0.15, 0.2) is 30.6 Å². The van der Waals surface area contributed by atoms with Crippen LogP contribution in [0.25, 0.3) is 0 Å². The molecule has 46 heavy (non-hydrogen) atoms. The van der Waals surface area contributed by atoms with Crippen molar-refractivity contribution in [2.75, 3.05) is 37.6 Å². The smallest absolute Gasteiger partial charge is 0.475 e. The fourth-order valence-corrected chi connectivity index (χ4v) is 4.60. The standard InChI is InChI=1S/C22H26F3N5O2.2C2HF3O2/c1-13-10-17(31)19-18(13)20(28-12-27-19)29-6-8-30(9-7-29)21(32)16(11-26)14-2-4-15(5-3-14)22(23,24)25;2*3-2(4,5)1(6)7/h2-5,12-13,16-17,31H,6-11,26H2,1H3;2*(H,6,7)/t13-,16-,17-;;/m1../s1. The van der Waals surface area contributed by atoms with Gasteiger partial charge < -0.3 is 30.9 Å². The van der Waals surface area contributed by atoms with Gasteiger partial charge in [-0.3, -0.25) is 4.79 Å². The molecule has 5 N–H and O–H groups in total. The van der Waals surface area contributed by atoms with E-state index in [9.17, 15) is 49.4 Å². The molecule has 2 aliphatic rings. The lowest BCUT2D eigenvalue weighted by molar-refractivity contribution is -0.193. The molecule has 3 atom stereocenters. The van der Waals surface area contributed by atoms with Crippen LogP contribution in [0.4, 0.5) is 45.3 Å². The number of carbonyl (C=O) groups is 3. The molecule has 0 spiro atoms. The zero-order valence-corrected chi connectivity index (χ0v) is 23.7. The third-order valence-electron chi connectivity index (χ3n) is 6.83. The molecule has 1 aliphatic heterocycles. The molecule has 11 nitrogen and oxygen atoms in total. The van der Waals surface area contributed by atoms with Crippen molar-refractivity contribution in [3.05, 3.63) is 53.0 Å². The Hall–Kier alpha value is -4.20. The molecular weight excluding hydrogens is 649 g/mol. The first-order valence-corrected chi connectivity index (χ1v) is 13.1. The van der Waals surface area contributed by atoms with Crippen molar-refractivity contribution in [2.24, 2.45) is 5.73 Å². The molecule has 0 unspecified atom stereocenters. The molecular formula is C26H28F9N5O6. The van der Waals surface area contributed by atoms with Gasteiger partial charge in [0.2, 0.25) is 5.91 Å². The SMILES string of the molecule is C[C@@H]1C[C@@H](O)c2ncnc(N3CCN(C(=O)[C@H](CN)c4ccc(C(F)(F)F)cc4)CC3)c21.O=C(O)C(F)(F)F.O=C(O)C(F)(F)F. The fourth-order valence-electron chi connectivity index (χ4n) is 4.60. The van der Waals surface area contributed by atoms with E-state index in [0.717, 1.165) is 23.5 Å². The molecule has 4 rings (SSSR count). The number of halogens is 9. The number of nitrogens with zero attached hydrogens (tertiary/aromatic N) is 4. The van der Waals surface area contributed by atoms with Crippen LogP contribution in [-0.2, 0) is 20.6 Å². The Kier molecular flexibility index (Phi) is 12.3. The first kappa shape index (κ1) is 38.0. The van der Waals surface area contributed by atoms with Gasteiger partial charge in [0.15, 0.2) is 0 Å². The Morgan fingerprint density at radius 1 is 0.891 bits per heavy atom. The Balaban J connectivity index is 0.000000440. The summed E-state index contributed by atoms with van der Waals surface area (Å²) in [4.78, 5) is 43.4. The summed E-state index contributed by atoms with van der Waals surface area (Å²) in [5.74, 6) is -5.45. The van der Waals surface area contributed by atoms with Crippen LogP contribution in [0.2, 0.25) is 0 Å². The van der Waals surface area contributed by atoms with Crippen molar-refractivity contribution < 1.29 is 69.2 Å². The number of amides is 1. The van der Waals surface area contributed by atoms with Gasteiger partial charge in [0.25, 0.3) is 0 Å². The molecule has 1 aromatic carbocycles. The minimum Gasteiger partial charge on any atom is -0.475 e. The van der Waals surface area contributed by atoms with Gasteiger partial charge in [-0.2, -0.15) is 39.5 Å². The number of hydrogen-bond donors (Lipinski definition) is 4. The summed E-state index contributed by atoms with van der Waals surface area (Å²) in [6.45, 7) is 4.07. The molecule has 256 valence electrons. The molecule has 2 aromatic rings. The monoisotopic (exact) mass is 677 g/mol. The molecule has 1 aromatic heterocycles. The molecule has 1 aliphatic carbocycles. The Bertz CT molecular complexity index is 1340. The van der Waals surface area contributed by atoms with E-state index in [1.54, 1.807) is 4.90 Å². The summed E-state index contributed by atoms with van der Waals surface area (Å²) in [6, 6.07) is 4.61. The molecule has 1 saturated heterocycles. The lowest BCUT2D eigenvalue weighted by Crippen LogP contribution is -2.51. The van der Waals surface area contributed by atoms with Crippen LogP contribution in [0.3, 0.4) is 0 Å². The van der Waals surface area contributed by atoms with E-state index in [-0.39, 0.29) is 18.4 Å². The van der Waals surface area contributed by atoms with Crippen molar-refractivity contribution in [2.45, 2.75) is 49.8 Å². The quantitative estimate of drug-likeness (QED) is 0.350. The molecule has 20 heteroatoms. The predicted octanol–water partition coefficient (Wildman–Crippen LogP) is 3.69. The topological polar surface area (TPSA) is 170 Å². The normalized spacial score (nSPS) is 18.8. The van der Waals surface area contributed by atoms with Crippen LogP contribution in [-0.4, -0.2) is 93.1 Å². The Labute approximate surface area is 254 Å². The minimum atomic E-state index is -5.08. The van der Waals surface area contributed by atoms with Crippen molar-refractivity contribution >= 4 is 23.7 Å². The van der Waals surface area contributed by atoms with Gasteiger partial charge in [-0.15, -0.1) is 0 Å². The van der Waals surface area contributed by atoms with Crippen molar-refractivity contribution in [3.63, 3.8) is 0 Å². The maximum absolute atomic E-state index is 13.1. The Morgan fingerprint density at radius 3 is 1.78 bits per heavy atom. The number of piperazine rings is 1. The average molecular weight is 678 g/mol. The first-order chi connectivity index (χ1) is 21.1. The largest absolute Gasteiger partial charge is 0.490 e. The summed E-state index contributed by atoms with van der Waals surface area (Å²) in [6.07, 6.45) is -13.1. The highest BCUT2D eigenvalue weighted by Gasteiger charge is 2.39. The zero-order chi connectivity index (χ0) is 35.2. The molecule has 2 heterocycles. The number of alkyl halides is 9. The number of aliphatic hydroxyl groups is 1. The van der Waals surface area contributed by atoms with Crippen LogP contribution < -0.4 is 10.6 Å².